The van der Waals surface area contributed by atoms with Crippen molar-refractivity contribution in [3.8, 4) is 0 Å². The van der Waals surface area contributed by atoms with E-state index in [0.717, 1.165) is 4.90 Å². The molecule has 2 aromatic heterocycles. The third-order valence-electron chi connectivity index (χ3n) is 5.84. The summed E-state index contributed by atoms with van der Waals surface area (Å²) in [6.45, 7) is 18.0. The fourth-order valence-electron chi connectivity index (χ4n) is 4.60. The lowest BCUT2D eigenvalue weighted by Crippen LogP contribution is -2.44. The Hall–Kier alpha value is -3.05. The van der Waals surface area contributed by atoms with Crippen molar-refractivity contribution in [3.63, 3.8) is 0 Å². The molecule has 196 valence electrons. The molecule has 4 rings (SSSR count). The first kappa shape index (κ1) is 26.0. The van der Waals surface area contributed by atoms with Gasteiger partial charge in [0.1, 0.15) is 23.6 Å². The Balaban J connectivity index is 1.77. The van der Waals surface area contributed by atoms with Crippen LogP contribution in [-0.4, -0.2) is 60.9 Å². The molecule has 2 amide bonds. The summed E-state index contributed by atoms with van der Waals surface area (Å²) in [7, 11) is 0. The molecular weight excluding hydrogens is 466 g/mol. The first-order valence-corrected chi connectivity index (χ1v) is 12.0. The maximum absolute atomic E-state index is 13.2. The molecule has 0 radical (unpaired) electrons. The topological polar surface area (TPSA) is 118 Å². The lowest BCUT2D eigenvalue weighted by molar-refractivity contribution is -0.158. The van der Waals surface area contributed by atoms with E-state index in [0.29, 0.717) is 12.1 Å². The Labute approximate surface area is 210 Å². The van der Waals surface area contributed by atoms with Crippen LogP contribution in [0.2, 0.25) is 0 Å². The summed E-state index contributed by atoms with van der Waals surface area (Å²) in [4.78, 5) is 40.2. The Morgan fingerprint density at radius 3 is 2.19 bits per heavy atom. The number of imidazole rings is 1. The zero-order valence-electron chi connectivity index (χ0n) is 22.1. The molecule has 2 aliphatic rings. The third kappa shape index (κ3) is 5.08. The molecule has 2 aromatic rings. The quantitative estimate of drug-likeness (QED) is 0.548. The predicted octanol–water partition coefficient (Wildman–Crippen LogP) is 4.77. The molecular formula is C25H35N5O6. The van der Waals surface area contributed by atoms with E-state index in [1.807, 2.05) is 24.5 Å². The van der Waals surface area contributed by atoms with Crippen molar-refractivity contribution in [2.24, 2.45) is 5.92 Å². The zero-order valence-corrected chi connectivity index (χ0v) is 22.1. The Bertz CT molecular complexity index is 1150. The SMILES string of the molecule is C=C[C@H]1C[C@H](n2cnc3c(N(C(=O)OC(C)(C)C)C(=O)OC(C)(C)C)ncnc32)[C@@H]2OC(C)(C)O[C@@H]21. The minimum absolute atomic E-state index is 0.0269. The molecule has 0 bridgehead atoms. The first-order chi connectivity index (χ1) is 16.6. The van der Waals surface area contributed by atoms with E-state index in [9.17, 15) is 9.59 Å². The number of carbonyl (C=O) groups is 2. The van der Waals surface area contributed by atoms with Gasteiger partial charge < -0.3 is 23.5 Å². The normalized spacial score (nSPS) is 25.4. The van der Waals surface area contributed by atoms with Crippen LogP contribution in [0, 0.1) is 5.92 Å². The van der Waals surface area contributed by atoms with Gasteiger partial charge in [-0.05, 0) is 61.8 Å². The molecule has 3 heterocycles. The van der Waals surface area contributed by atoms with Crippen LogP contribution >= 0.6 is 0 Å². The maximum atomic E-state index is 13.2. The zero-order chi connectivity index (χ0) is 26.6. The van der Waals surface area contributed by atoms with Gasteiger partial charge in [0.05, 0.1) is 18.5 Å². The number of anilines is 1. The number of aromatic nitrogens is 4. The summed E-state index contributed by atoms with van der Waals surface area (Å²) >= 11 is 0. The number of fused-ring (bicyclic) bond motifs is 2. The average molecular weight is 502 g/mol. The molecule has 1 saturated heterocycles. The highest BCUT2D eigenvalue weighted by atomic mass is 16.8. The van der Waals surface area contributed by atoms with E-state index < -0.39 is 29.2 Å². The second-order valence-electron chi connectivity index (χ2n) is 11.6. The number of hydrogen-bond acceptors (Lipinski definition) is 9. The smallest absolute Gasteiger partial charge is 0.425 e. The Morgan fingerprint density at radius 2 is 1.64 bits per heavy atom. The minimum Gasteiger partial charge on any atom is -0.443 e. The molecule has 0 N–H and O–H groups in total. The first-order valence-electron chi connectivity index (χ1n) is 12.0. The van der Waals surface area contributed by atoms with Crippen molar-refractivity contribution >= 4 is 29.2 Å². The van der Waals surface area contributed by atoms with Gasteiger partial charge in [-0.2, -0.15) is 4.90 Å². The van der Waals surface area contributed by atoms with Gasteiger partial charge in [-0.1, -0.05) is 6.08 Å². The largest absolute Gasteiger partial charge is 0.443 e. The molecule has 1 saturated carbocycles. The van der Waals surface area contributed by atoms with Gasteiger partial charge in [0, 0.05) is 5.92 Å². The highest BCUT2D eigenvalue weighted by Crippen LogP contribution is 2.48. The Morgan fingerprint density at radius 1 is 1.06 bits per heavy atom. The lowest BCUT2D eigenvalue weighted by Gasteiger charge is -2.28. The molecule has 36 heavy (non-hydrogen) atoms. The van der Waals surface area contributed by atoms with Crippen LogP contribution in [0.25, 0.3) is 11.2 Å². The van der Waals surface area contributed by atoms with Crippen LogP contribution < -0.4 is 4.90 Å². The fourth-order valence-corrected chi connectivity index (χ4v) is 4.60. The van der Waals surface area contributed by atoms with E-state index in [4.69, 9.17) is 18.9 Å². The number of nitrogens with zero attached hydrogens (tertiary/aromatic N) is 5. The monoisotopic (exact) mass is 501 g/mol. The molecule has 1 aliphatic heterocycles. The average Bonchev–Trinajstić information content (AvgIpc) is 3.36. The highest BCUT2D eigenvalue weighted by molar-refractivity contribution is 6.12. The van der Waals surface area contributed by atoms with Crippen LogP contribution in [0.4, 0.5) is 15.4 Å². The molecule has 4 atom stereocenters. The second-order valence-corrected chi connectivity index (χ2v) is 11.6. The van der Waals surface area contributed by atoms with Gasteiger partial charge in [0.2, 0.25) is 0 Å². The Kier molecular flexibility index (Phi) is 6.37. The maximum Gasteiger partial charge on any atom is 0.425 e. The number of hydrogen-bond donors (Lipinski definition) is 0. The van der Waals surface area contributed by atoms with E-state index in [1.165, 1.54) is 6.33 Å². The standard InChI is InChI=1S/C25H35N5O6/c1-10-14-11-15(18-17(14)33-25(8,9)34-18)29-13-28-16-19(29)26-12-27-20(16)30(21(31)35-23(2,3)4)22(32)36-24(5,6)7/h10,12-15,17-18H,1,11H2,2-9H3/t14-,15-,17+,18-/m0/s1. The van der Waals surface area contributed by atoms with E-state index >= 15 is 0 Å². The number of rotatable bonds is 3. The van der Waals surface area contributed by atoms with Gasteiger partial charge in [-0.15, -0.1) is 6.58 Å². The van der Waals surface area contributed by atoms with Crippen molar-refractivity contribution in [2.45, 2.75) is 97.0 Å². The van der Waals surface area contributed by atoms with Gasteiger partial charge in [-0.25, -0.2) is 24.5 Å². The highest BCUT2D eigenvalue weighted by Gasteiger charge is 2.54. The van der Waals surface area contributed by atoms with Crippen molar-refractivity contribution in [2.75, 3.05) is 4.90 Å². The number of amides is 2. The van der Waals surface area contributed by atoms with Gasteiger partial charge in [-0.3, -0.25) is 0 Å². The van der Waals surface area contributed by atoms with Crippen LogP contribution in [-0.2, 0) is 18.9 Å². The summed E-state index contributed by atoms with van der Waals surface area (Å²) in [5.41, 5.74) is -1.01. The molecule has 2 fully saturated rings. The van der Waals surface area contributed by atoms with Crippen LogP contribution in [0.3, 0.4) is 0 Å². The molecule has 11 nitrogen and oxygen atoms in total. The number of carbonyl (C=O) groups excluding carboxylic acids is 2. The van der Waals surface area contributed by atoms with Crippen LogP contribution in [0.1, 0.15) is 67.9 Å². The number of imide groups is 1. The van der Waals surface area contributed by atoms with Crippen molar-refractivity contribution in [1.82, 2.24) is 19.5 Å². The molecule has 0 aromatic carbocycles. The molecule has 1 aliphatic carbocycles. The summed E-state index contributed by atoms with van der Waals surface area (Å²) in [6.07, 6.45) is 3.25. The second kappa shape index (κ2) is 8.81. The van der Waals surface area contributed by atoms with Crippen LogP contribution in [0.5, 0.6) is 0 Å². The van der Waals surface area contributed by atoms with Gasteiger partial charge >= 0.3 is 12.2 Å². The van der Waals surface area contributed by atoms with E-state index in [-0.39, 0.29) is 35.5 Å². The summed E-state index contributed by atoms with van der Waals surface area (Å²) < 4.78 is 25.3. The number of ether oxygens (including phenoxy) is 4. The van der Waals surface area contributed by atoms with Crippen LogP contribution in [0.15, 0.2) is 25.3 Å². The lowest BCUT2D eigenvalue weighted by atomic mass is 10.1. The molecule has 0 unspecified atom stereocenters. The van der Waals surface area contributed by atoms with E-state index in [2.05, 4.69) is 21.5 Å². The van der Waals surface area contributed by atoms with Gasteiger partial charge in [0.15, 0.2) is 22.8 Å². The molecule has 0 spiro atoms. The summed E-state index contributed by atoms with van der Waals surface area (Å²) in [5, 5.41) is 0. The predicted molar refractivity (Wildman–Crippen MR) is 131 cm³/mol. The van der Waals surface area contributed by atoms with Gasteiger partial charge in [0.25, 0.3) is 0 Å². The third-order valence-corrected chi connectivity index (χ3v) is 5.84. The van der Waals surface area contributed by atoms with Crippen molar-refractivity contribution in [3.05, 3.63) is 25.3 Å². The van der Waals surface area contributed by atoms with Crippen molar-refractivity contribution < 1.29 is 28.5 Å². The van der Waals surface area contributed by atoms with E-state index in [1.54, 1.807) is 47.9 Å². The van der Waals surface area contributed by atoms with Crippen molar-refractivity contribution in [1.29, 1.82) is 0 Å². The minimum atomic E-state index is -0.923. The fraction of sp³-hybridized carbons (Fsp3) is 0.640. The summed E-state index contributed by atoms with van der Waals surface area (Å²) in [5.74, 6) is -0.669. The molecule has 11 heteroatoms. The summed E-state index contributed by atoms with van der Waals surface area (Å²) in [6, 6.07) is -0.149.